The smallest absolute Gasteiger partial charge is 0.256 e. The van der Waals surface area contributed by atoms with Crippen molar-refractivity contribution in [3.05, 3.63) is 77.4 Å². The zero-order valence-electron chi connectivity index (χ0n) is 13.8. The van der Waals surface area contributed by atoms with Crippen LogP contribution in [0, 0.1) is 11.3 Å². The van der Waals surface area contributed by atoms with Gasteiger partial charge in [-0.1, -0.05) is 48.5 Å². The van der Waals surface area contributed by atoms with Crippen molar-refractivity contribution < 1.29 is 9.53 Å². The second kappa shape index (κ2) is 5.95. The van der Waals surface area contributed by atoms with E-state index < -0.39 is 6.04 Å². The molecule has 0 saturated carbocycles. The molecule has 3 aromatic rings. The zero-order valence-corrected chi connectivity index (χ0v) is 13.8. The number of rotatable bonds is 3. The summed E-state index contributed by atoms with van der Waals surface area (Å²) in [6.07, 6.45) is 0. The third kappa shape index (κ3) is 2.41. The molecule has 0 aliphatic carbocycles. The van der Waals surface area contributed by atoms with Gasteiger partial charge in [0, 0.05) is 12.1 Å². The van der Waals surface area contributed by atoms with Gasteiger partial charge in [-0.25, -0.2) is 0 Å². The quantitative estimate of drug-likeness (QED) is 0.728. The number of fused-ring (bicyclic) bond motifs is 3. The SMILES string of the molecule is COc1ccc(CN2C(=O)c3c(ccc4ccccc34)C2C#N)cc1. The maximum absolute atomic E-state index is 13.1. The summed E-state index contributed by atoms with van der Waals surface area (Å²) in [7, 11) is 1.62. The van der Waals surface area contributed by atoms with Gasteiger partial charge < -0.3 is 9.64 Å². The zero-order chi connectivity index (χ0) is 17.4. The van der Waals surface area contributed by atoms with Crippen molar-refractivity contribution in [1.29, 1.82) is 5.26 Å². The number of hydrogen-bond donors (Lipinski definition) is 0. The predicted molar refractivity (Wildman–Crippen MR) is 95.2 cm³/mol. The number of carbonyl (C=O) groups excluding carboxylic acids is 1. The molecule has 25 heavy (non-hydrogen) atoms. The predicted octanol–water partition coefficient (Wildman–Crippen LogP) is 4.07. The topological polar surface area (TPSA) is 53.3 Å². The van der Waals surface area contributed by atoms with Crippen molar-refractivity contribution in [3.63, 3.8) is 0 Å². The van der Waals surface area contributed by atoms with Crippen molar-refractivity contribution in [2.75, 3.05) is 7.11 Å². The number of carbonyl (C=O) groups is 1. The fourth-order valence-electron chi connectivity index (χ4n) is 3.41. The molecular weight excluding hydrogens is 312 g/mol. The van der Waals surface area contributed by atoms with Crippen LogP contribution in [-0.4, -0.2) is 17.9 Å². The molecule has 0 bridgehead atoms. The first-order valence-electron chi connectivity index (χ1n) is 8.08. The largest absolute Gasteiger partial charge is 0.497 e. The van der Waals surface area contributed by atoms with Crippen molar-refractivity contribution in [2.45, 2.75) is 12.6 Å². The third-order valence-electron chi connectivity index (χ3n) is 4.68. The summed E-state index contributed by atoms with van der Waals surface area (Å²) >= 11 is 0. The van der Waals surface area contributed by atoms with E-state index in [2.05, 4.69) is 6.07 Å². The second-order valence-corrected chi connectivity index (χ2v) is 6.06. The van der Waals surface area contributed by atoms with Crippen molar-refractivity contribution >= 4 is 16.7 Å². The fourth-order valence-corrected chi connectivity index (χ4v) is 3.41. The molecule has 4 heteroatoms. The lowest BCUT2D eigenvalue weighted by Crippen LogP contribution is -2.26. The van der Waals surface area contributed by atoms with Crippen LogP contribution in [0.2, 0.25) is 0 Å². The minimum absolute atomic E-state index is 0.0887. The van der Waals surface area contributed by atoms with Gasteiger partial charge in [-0.3, -0.25) is 4.79 Å². The molecule has 1 heterocycles. The minimum Gasteiger partial charge on any atom is -0.497 e. The van der Waals surface area contributed by atoms with Gasteiger partial charge >= 0.3 is 0 Å². The normalized spacial score (nSPS) is 15.9. The maximum Gasteiger partial charge on any atom is 0.256 e. The van der Waals surface area contributed by atoms with Gasteiger partial charge in [0.05, 0.1) is 18.7 Å². The number of benzene rings is 3. The summed E-state index contributed by atoms with van der Waals surface area (Å²) in [5.41, 5.74) is 2.41. The van der Waals surface area contributed by atoms with Crippen LogP contribution < -0.4 is 4.74 Å². The van der Waals surface area contributed by atoms with E-state index in [9.17, 15) is 10.1 Å². The first kappa shape index (κ1) is 15.2. The van der Waals surface area contributed by atoms with Gasteiger partial charge in [-0.15, -0.1) is 0 Å². The van der Waals surface area contributed by atoms with Crippen LogP contribution in [0.25, 0.3) is 10.8 Å². The lowest BCUT2D eigenvalue weighted by molar-refractivity contribution is 0.0746. The van der Waals surface area contributed by atoms with Crippen LogP contribution >= 0.6 is 0 Å². The number of amides is 1. The third-order valence-corrected chi connectivity index (χ3v) is 4.68. The molecule has 0 radical (unpaired) electrons. The number of ether oxygens (including phenoxy) is 1. The summed E-state index contributed by atoms with van der Waals surface area (Å²) in [4.78, 5) is 14.7. The van der Waals surface area contributed by atoms with Gasteiger partial charge in [-0.2, -0.15) is 5.26 Å². The molecule has 1 aliphatic heterocycles. The molecule has 1 atom stereocenters. The van der Waals surface area contributed by atoms with Crippen LogP contribution in [0.15, 0.2) is 60.7 Å². The number of hydrogen-bond acceptors (Lipinski definition) is 3. The molecule has 3 aromatic carbocycles. The molecule has 1 unspecified atom stereocenters. The fraction of sp³-hybridized carbons (Fsp3) is 0.143. The molecule has 1 amide bonds. The van der Waals surface area contributed by atoms with Crippen LogP contribution in [0.1, 0.15) is 27.5 Å². The van der Waals surface area contributed by atoms with Gasteiger partial charge in [0.1, 0.15) is 11.8 Å². The highest BCUT2D eigenvalue weighted by molar-refractivity contribution is 6.11. The van der Waals surface area contributed by atoms with Crippen molar-refractivity contribution in [3.8, 4) is 11.8 Å². The molecule has 1 aliphatic rings. The van der Waals surface area contributed by atoms with E-state index in [1.165, 1.54) is 0 Å². The Morgan fingerprint density at radius 2 is 1.84 bits per heavy atom. The van der Waals surface area contributed by atoms with Crippen LogP contribution in [-0.2, 0) is 6.54 Å². The van der Waals surface area contributed by atoms with E-state index in [1.807, 2.05) is 60.7 Å². The first-order valence-corrected chi connectivity index (χ1v) is 8.08. The summed E-state index contributed by atoms with van der Waals surface area (Å²) in [5.74, 6) is 0.678. The van der Waals surface area contributed by atoms with Gasteiger partial charge in [-0.05, 0) is 28.5 Å². The Morgan fingerprint density at radius 1 is 1.08 bits per heavy atom. The monoisotopic (exact) mass is 328 g/mol. The standard InChI is InChI=1S/C21H16N2O2/c1-25-16-9-6-14(7-10-16)13-23-19(12-22)18-11-8-15-4-2-3-5-17(15)20(18)21(23)24/h2-11,19H,13H2,1H3. The Bertz CT molecular complexity index is 1000. The average Bonchev–Trinajstić information content (AvgIpc) is 2.94. The Labute approximate surface area is 145 Å². The van der Waals surface area contributed by atoms with Crippen LogP contribution in [0.4, 0.5) is 0 Å². The maximum atomic E-state index is 13.1. The highest BCUT2D eigenvalue weighted by Crippen LogP contribution is 2.38. The number of nitriles is 1. The first-order chi connectivity index (χ1) is 12.2. The molecule has 0 aromatic heterocycles. The van der Waals surface area contributed by atoms with E-state index in [-0.39, 0.29) is 5.91 Å². The summed E-state index contributed by atoms with van der Waals surface area (Å²) in [6, 6.07) is 21.0. The summed E-state index contributed by atoms with van der Waals surface area (Å²) in [5, 5.41) is 11.6. The molecule has 0 N–H and O–H groups in total. The molecule has 0 spiro atoms. The Hall–Kier alpha value is -3.32. The van der Waals surface area contributed by atoms with Crippen molar-refractivity contribution in [1.82, 2.24) is 4.90 Å². The lowest BCUT2D eigenvalue weighted by Gasteiger charge is -2.20. The summed E-state index contributed by atoms with van der Waals surface area (Å²) < 4.78 is 5.17. The van der Waals surface area contributed by atoms with E-state index in [0.29, 0.717) is 12.1 Å². The van der Waals surface area contributed by atoms with Gasteiger partial charge in [0.25, 0.3) is 5.91 Å². The summed E-state index contributed by atoms with van der Waals surface area (Å²) in [6.45, 7) is 0.393. The van der Waals surface area contributed by atoms with E-state index in [1.54, 1.807) is 12.0 Å². The molecule has 122 valence electrons. The van der Waals surface area contributed by atoms with E-state index in [4.69, 9.17) is 4.74 Å². The Kier molecular flexibility index (Phi) is 3.62. The van der Waals surface area contributed by atoms with Crippen molar-refractivity contribution in [2.24, 2.45) is 0 Å². The lowest BCUT2D eigenvalue weighted by atomic mass is 9.98. The number of methoxy groups -OCH3 is 1. The molecular formula is C21H16N2O2. The Balaban J connectivity index is 1.75. The van der Waals surface area contributed by atoms with Crippen LogP contribution in [0.5, 0.6) is 5.75 Å². The van der Waals surface area contributed by atoms with Gasteiger partial charge in [0.15, 0.2) is 0 Å². The second-order valence-electron chi connectivity index (χ2n) is 6.06. The highest BCUT2D eigenvalue weighted by atomic mass is 16.5. The molecule has 0 fully saturated rings. The molecule has 0 saturated heterocycles. The van der Waals surface area contributed by atoms with E-state index in [0.717, 1.165) is 27.6 Å². The number of nitrogens with zero attached hydrogens (tertiary/aromatic N) is 2. The minimum atomic E-state index is -0.561. The Morgan fingerprint density at radius 3 is 2.56 bits per heavy atom. The van der Waals surface area contributed by atoms with E-state index >= 15 is 0 Å². The molecule has 4 rings (SSSR count). The van der Waals surface area contributed by atoms with Crippen LogP contribution in [0.3, 0.4) is 0 Å². The van der Waals surface area contributed by atoms with Gasteiger partial charge in [0.2, 0.25) is 0 Å². The molecule has 4 nitrogen and oxygen atoms in total. The highest BCUT2D eigenvalue weighted by Gasteiger charge is 2.37. The average molecular weight is 328 g/mol.